The molecular weight excluding hydrogens is 468 g/mol. The van der Waals surface area contributed by atoms with Crippen LogP contribution in [0.5, 0.6) is 28.7 Å². The van der Waals surface area contributed by atoms with Crippen LogP contribution < -0.4 is 29.9 Å². The summed E-state index contributed by atoms with van der Waals surface area (Å²) in [4.78, 5) is 25.8. The molecule has 9 nitrogen and oxygen atoms in total. The van der Waals surface area contributed by atoms with Gasteiger partial charge in [0.25, 0.3) is 0 Å². The van der Waals surface area contributed by atoms with E-state index in [1.54, 1.807) is 0 Å². The molecule has 11 heteroatoms. The number of carbonyl (C=O) groups is 1. The Morgan fingerprint density at radius 2 is 1.89 bits per heavy atom. The smallest absolute Gasteiger partial charge is 0.343 e. The van der Waals surface area contributed by atoms with Crippen LogP contribution in [0, 0.1) is 18.6 Å². The summed E-state index contributed by atoms with van der Waals surface area (Å²) < 4.78 is 54.4. The summed E-state index contributed by atoms with van der Waals surface area (Å²) in [5.74, 6) is -3.09. The molecule has 3 aromatic rings. The molecule has 35 heavy (non-hydrogen) atoms. The van der Waals surface area contributed by atoms with Crippen LogP contribution in [-0.4, -0.2) is 32.0 Å². The lowest BCUT2D eigenvalue weighted by Crippen LogP contribution is -2.22. The fourth-order valence-electron chi connectivity index (χ4n) is 3.93. The molecule has 2 N–H and O–H groups in total. The number of carbonyl (C=O) groups excluding carboxylic acids is 1. The summed E-state index contributed by atoms with van der Waals surface area (Å²) in [7, 11) is 2.75. The van der Waals surface area contributed by atoms with Gasteiger partial charge in [-0.1, -0.05) is 0 Å². The number of anilines is 1. The number of aryl methyl sites for hydroxylation is 1. The number of fused-ring (bicyclic) bond motifs is 1. The number of benzene rings is 2. The van der Waals surface area contributed by atoms with Crippen molar-refractivity contribution in [2.75, 3.05) is 26.3 Å². The van der Waals surface area contributed by atoms with Gasteiger partial charge < -0.3 is 33.8 Å². The molecule has 0 spiro atoms. The molecule has 1 amide bonds. The SMILES string of the molecule is COc1cc([C@@H](CC(=O)Nc2ccc(F)cc2F)c2c(O)cc(C)oc2=O)c(OC)c2c1OCO2. The van der Waals surface area contributed by atoms with Gasteiger partial charge in [-0.3, -0.25) is 4.79 Å². The maximum Gasteiger partial charge on any atom is 0.343 e. The topological polar surface area (TPSA) is 116 Å². The molecule has 0 radical (unpaired) electrons. The Kier molecular flexibility index (Phi) is 6.50. The third kappa shape index (κ3) is 4.57. The lowest BCUT2D eigenvalue weighted by Gasteiger charge is -2.22. The second-order valence-corrected chi connectivity index (χ2v) is 7.64. The zero-order valence-corrected chi connectivity index (χ0v) is 18.9. The summed E-state index contributed by atoms with van der Waals surface area (Å²) in [5, 5.41) is 13.0. The predicted octanol–water partition coefficient (Wildman–Crippen LogP) is 3.84. The van der Waals surface area contributed by atoms with Crippen molar-refractivity contribution < 1.29 is 42.0 Å². The number of halogens is 2. The highest BCUT2D eigenvalue weighted by Crippen LogP contribution is 2.52. The van der Waals surface area contributed by atoms with Gasteiger partial charge in [0.1, 0.15) is 23.1 Å². The monoisotopic (exact) mass is 489 g/mol. The minimum Gasteiger partial charge on any atom is -0.507 e. The second kappa shape index (κ2) is 9.53. The minimum atomic E-state index is -1.14. The van der Waals surface area contributed by atoms with Gasteiger partial charge in [0.15, 0.2) is 11.5 Å². The number of aromatic hydroxyl groups is 1. The Balaban J connectivity index is 1.84. The molecule has 184 valence electrons. The van der Waals surface area contributed by atoms with E-state index in [4.69, 9.17) is 23.4 Å². The van der Waals surface area contributed by atoms with Crippen molar-refractivity contribution in [3.63, 3.8) is 0 Å². The van der Waals surface area contributed by atoms with E-state index in [2.05, 4.69) is 5.32 Å². The fraction of sp³-hybridized carbons (Fsp3) is 0.250. The molecule has 0 saturated heterocycles. The Morgan fingerprint density at radius 1 is 1.14 bits per heavy atom. The summed E-state index contributed by atoms with van der Waals surface area (Å²) in [6, 6.07) is 5.40. The molecule has 0 bridgehead atoms. The van der Waals surface area contributed by atoms with Crippen molar-refractivity contribution in [3.8, 4) is 28.7 Å². The largest absolute Gasteiger partial charge is 0.507 e. The first-order chi connectivity index (χ1) is 16.7. The highest BCUT2D eigenvalue weighted by Gasteiger charge is 2.34. The van der Waals surface area contributed by atoms with Crippen LogP contribution in [0.2, 0.25) is 0 Å². The summed E-state index contributed by atoms with van der Waals surface area (Å²) in [5.41, 5.74) is -1.13. The molecule has 2 heterocycles. The number of nitrogens with one attached hydrogen (secondary N) is 1. The van der Waals surface area contributed by atoms with Gasteiger partial charge in [-0.25, -0.2) is 13.6 Å². The van der Waals surface area contributed by atoms with Gasteiger partial charge in [-0.15, -0.1) is 0 Å². The Bertz CT molecular complexity index is 1350. The summed E-state index contributed by atoms with van der Waals surface area (Å²) in [6.45, 7) is 1.37. The van der Waals surface area contributed by atoms with E-state index in [1.807, 2.05) is 0 Å². The highest BCUT2D eigenvalue weighted by molar-refractivity contribution is 5.92. The molecule has 0 aliphatic carbocycles. The van der Waals surface area contributed by atoms with Gasteiger partial charge in [-0.2, -0.15) is 0 Å². The summed E-state index contributed by atoms with van der Waals surface area (Å²) in [6.07, 6.45) is -0.461. The molecule has 0 saturated carbocycles. The Labute approximate surface area is 197 Å². The fourth-order valence-corrected chi connectivity index (χ4v) is 3.93. The molecule has 1 aliphatic rings. The van der Waals surface area contributed by atoms with Crippen molar-refractivity contribution in [2.24, 2.45) is 0 Å². The lowest BCUT2D eigenvalue weighted by atomic mass is 9.87. The quantitative estimate of drug-likeness (QED) is 0.514. The zero-order chi connectivity index (χ0) is 25.3. The number of amides is 1. The van der Waals surface area contributed by atoms with Crippen LogP contribution in [-0.2, 0) is 4.79 Å². The van der Waals surface area contributed by atoms with Crippen molar-refractivity contribution in [2.45, 2.75) is 19.3 Å². The maximum absolute atomic E-state index is 14.1. The number of rotatable bonds is 7. The van der Waals surface area contributed by atoms with Crippen LogP contribution in [0.4, 0.5) is 14.5 Å². The number of hydrogen-bond acceptors (Lipinski definition) is 8. The van der Waals surface area contributed by atoms with Crippen molar-refractivity contribution >= 4 is 11.6 Å². The molecule has 1 aliphatic heterocycles. The average molecular weight is 489 g/mol. The molecular formula is C24H21F2NO8. The molecule has 1 aromatic heterocycles. The number of hydrogen-bond donors (Lipinski definition) is 2. The summed E-state index contributed by atoms with van der Waals surface area (Å²) >= 11 is 0. The first-order valence-corrected chi connectivity index (χ1v) is 10.4. The Hall–Kier alpha value is -4.28. The number of methoxy groups -OCH3 is 2. The molecule has 1 atom stereocenters. The van der Waals surface area contributed by atoms with Crippen LogP contribution in [0.3, 0.4) is 0 Å². The second-order valence-electron chi connectivity index (χ2n) is 7.64. The third-order valence-corrected chi connectivity index (χ3v) is 5.42. The van der Waals surface area contributed by atoms with Gasteiger partial charge in [-0.05, 0) is 25.1 Å². The van der Waals surface area contributed by atoms with Gasteiger partial charge in [0, 0.05) is 30.0 Å². The predicted molar refractivity (Wildman–Crippen MR) is 118 cm³/mol. The van der Waals surface area contributed by atoms with Gasteiger partial charge >= 0.3 is 5.63 Å². The van der Waals surface area contributed by atoms with E-state index in [-0.39, 0.29) is 52.4 Å². The maximum atomic E-state index is 14.1. The van der Waals surface area contributed by atoms with Crippen LogP contribution in [0.1, 0.15) is 29.2 Å². The van der Waals surface area contributed by atoms with E-state index in [0.29, 0.717) is 6.07 Å². The van der Waals surface area contributed by atoms with Crippen molar-refractivity contribution in [3.05, 3.63) is 69.3 Å². The minimum absolute atomic E-state index is 0.113. The standard InChI is InChI=1S/C24H21F2NO8/c1-11-6-17(28)20(24(30)35-11)13(9-19(29)27-16-5-4-12(25)7-15(16)26)14-8-18(31-2)22-23(21(14)32-3)34-10-33-22/h4-8,13,28H,9-10H2,1-3H3,(H,27,29)/t13-/m1/s1. The van der Waals surface area contributed by atoms with Crippen LogP contribution >= 0.6 is 0 Å². The highest BCUT2D eigenvalue weighted by atomic mass is 19.1. The van der Waals surface area contributed by atoms with Crippen molar-refractivity contribution in [1.29, 1.82) is 0 Å². The first-order valence-electron chi connectivity index (χ1n) is 10.4. The van der Waals surface area contributed by atoms with E-state index in [0.717, 1.165) is 12.1 Å². The van der Waals surface area contributed by atoms with E-state index in [9.17, 15) is 23.5 Å². The van der Waals surface area contributed by atoms with E-state index in [1.165, 1.54) is 33.3 Å². The normalized spacial score (nSPS) is 12.8. The lowest BCUT2D eigenvalue weighted by molar-refractivity contribution is -0.116. The first kappa shape index (κ1) is 23.9. The van der Waals surface area contributed by atoms with Crippen LogP contribution in [0.15, 0.2) is 39.5 Å². The zero-order valence-electron chi connectivity index (χ0n) is 18.9. The van der Waals surface area contributed by atoms with Crippen molar-refractivity contribution in [1.82, 2.24) is 0 Å². The Morgan fingerprint density at radius 3 is 2.54 bits per heavy atom. The third-order valence-electron chi connectivity index (χ3n) is 5.42. The molecule has 0 fully saturated rings. The average Bonchev–Trinajstić information content (AvgIpc) is 3.28. The van der Waals surface area contributed by atoms with E-state index >= 15 is 0 Å². The van der Waals surface area contributed by atoms with Gasteiger partial charge in [0.2, 0.25) is 24.2 Å². The molecule has 4 rings (SSSR count). The number of ether oxygens (including phenoxy) is 4. The van der Waals surface area contributed by atoms with Crippen LogP contribution in [0.25, 0.3) is 0 Å². The molecule has 0 unspecified atom stereocenters. The molecule has 2 aromatic carbocycles. The van der Waals surface area contributed by atoms with E-state index < -0.39 is 41.3 Å². The van der Waals surface area contributed by atoms with Gasteiger partial charge in [0.05, 0.1) is 25.5 Å².